The van der Waals surface area contributed by atoms with Crippen molar-refractivity contribution >= 4 is 39.3 Å². The van der Waals surface area contributed by atoms with Crippen LogP contribution in [0.4, 0.5) is 5.69 Å². The third kappa shape index (κ3) is 2.98. The summed E-state index contributed by atoms with van der Waals surface area (Å²) in [5.41, 5.74) is 5.58. The zero-order valence-electron chi connectivity index (χ0n) is 20.1. The summed E-state index contributed by atoms with van der Waals surface area (Å²) in [6, 6.07) is 38.3. The molecule has 0 fully saturated rings. The van der Waals surface area contributed by atoms with Crippen LogP contribution in [-0.4, -0.2) is 16.4 Å². The summed E-state index contributed by atoms with van der Waals surface area (Å²) in [4.78, 5) is 29.2. The van der Waals surface area contributed by atoms with Gasteiger partial charge in [-0.25, -0.2) is 4.90 Å². The molecule has 5 heteroatoms. The van der Waals surface area contributed by atoms with Crippen LogP contribution >= 0.6 is 0 Å². The van der Waals surface area contributed by atoms with Crippen molar-refractivity contribution in [2.24, 2.45) is 0 Å². The molecule has 1 aliphatic heterocycles. The molecule has 1 aromatic heterocycles. The topological polar surface area (TPSA) is 66.1 Å². The number of carbonyl (C=O) groups is 2. The molecule has 2 heterocycles. The van der Waals surface area contributed by atoms with Crippen molar-refractivity contribution in [2.45, 2.75) is 0 Å². The van der Waals surface area contributed by atoms with E-state index < -0.39 is 0 Å². The van der Waals surface area contributed by atoms with Crippen LogP contribution in [0.5, 0.6) is 0 Å². The molecule has 0 atom stereocenters. The largest absolute Gasteiger partial charge is 0.307 e. The molecular weight excluding hydrogens is 470 g/mol. The number of anilines is 1. The maximum Gasteiger partial charge on any atom is 0.268 e. The Morgan fingerprint density at radius 3 is 2.08 bits per heavy atom. The lowest BCUT2D eigenvalue weighted by Crippen LogP contribution is -2.30. The summed E-state index contributed by atoms with van der Waals surface area (Å²) in [5.74, 6) is -0.749. The van der Waals surface area contributed by atoms with E-state index in [0.29, 0.717) is 33.6 Å². The highest BCUT2D eigenvalue weighted by molar-refractivity contribution is 6.36. The van der Waals surface area contributed by atoms with E-state index in [-0.39, 0.29) is 11.8 Å². The standard InChI is InChI=1S/C33H19N3O2/c34-20-22-12-8-15-25-24-14-5-7-18-28(24)35(31(22)25)29-19-9-16-26-30(29)33(38)36(32(26)37)27-17-6-4-13-23(27)21-10-2-1-3-11-21/h1-19H. The third-order valence-electron chi connectivity index (χ3n) is 7.18. The molecule has 6 aromatic rings. The highest BCUT2D eigenvalue weighted by atomic mass is 16.2. The van der Waals surface area contributed by atoms with Crippen LogP contribution in [0.2, 0.25) is 0 Å². The summed E-state index contributed by atoms with van der Waals surface area (Å²) in [5, 5.41) is 11.8. The van der Waals surface area contributed by atoms with E-state index in [1.54, 1.807) is 24.3 Å². The van der Waals surface area contributed by atoms with Gasteiger partial charge in [-0.2, -0.15) is 5.26 Å². The second-order valence-corrected chi connectivity index (χ2v) is 9.19. The number of fused-ring (bicyclic) bond motifs is 4. The Balaban J connectivity index is 1.49. The van der Waals surface area contributed by atoms with Crippen molar-refractivity contribution in [3.05, 3.63) is 132 Å². The minimum absolute atomic E-state index is 0.329. The first-order valence-corrected chi connectivity index (χ1v) is 12.3. The van der Waals surface area contributed by atoms with Gasteiger partial charge < -0.3 is 4.57 Å². The van der Waals surface area contributed by atoms with E-state index in [1.165, 1.54) is 4.90 Å². The van der Waals surface area contributed by atoms with Crippen molar-refractivity contribution in [1.29, 1.82) is 5.26 Å². The molecular formula is C33H19N3O2. The predicted octanol–water partition coefficient (Wildman–Crippen LogP) is 7.12. The summed E-state index contributed by atoms with van der Waals surface area (Å²) in [7, 11) is 0. The van der Waals surface area contributed by atoms with Gasteiger partial charge in [0.1, 0.15) is 6.07 Å². The van der Waals surface area contributed by atoms with Crippen LogP contribution in [0, 0.1) is 11.3 Å². The second-order valence-electron chi connectivity index (χ2n) is 9.19. The summed E-state index contributed by atoms with van der Waals surface area (Å²) >= 11 is 0. The zero-order valence-corrected chi connectivity index (χ0v) is 20.1. The van der Waals surface area contributed by atoms with Crippen molar-refractivity contribution in [3.63, 3.8) is 0 Å². The highest BCUT2D eigenvalue weighted by Crippen LogP contribution is 2.40. The van der Waals surface area contributed by atoms with Gasteiger partial charge in [-0.1, -0.05) is 84.9 Å². The van der Waals surface area contributed by atoms with Crippen molar-refractivity contribution in [1.82, 2.24) is 4.57 Å². The Labute approximate surface area is 218 Å². The fourth-order valence-electron chi connectivity index (χ4n) is 5.56. The Morgan fingerprint density at radius 2 is 1.24 bits per heavy atom. The first-order valence-electron chi connectivity index (χ1n) is 12.3. The van der Waals surface area contributed by atoms with Crippen LogP contribution in [-0.2, 0) is 0 Å². The van der Waals surface area contributed by atoms with Gasteiger partial charge in [0, 0.05) is 16.3 Å². The Kier molecular flexibility index (Phi) is 4.75. The van der Waals surface area contributed by atoms with Gasteiger partial charge in [-0.05, 0) is 35.9 Å². The van der Waals surface area contributed by atoms with Crippen molar-refractivity contribution in [2.75, 3.05) is 4.90 Å². The first kappa shape index (κ1) is 21.8. The molecule has 7 rings (SSSR count). The molecule has 0 aliphatic carbocycles. The predicted molar refractivity (Wildman–Crippen MR) is 149 cm³/mol. The molecule has 5 nitrogen and oxygen atoms in total. The van der Waals surface area contributed by atoms with Gasteiger partial charge in [-0.15, -0.1) is 0 Å². The Bertz CT molecular complexity index is 1980. The number of imide groups is 1. The quantitative estimate of drug-likeness (QED) is 0.249. The molecule has 0 bridgehead atoms. The van der Waals surface area contributed by atoms with Gasteiger partial charge in [0.05, 0.1) is 39.1 Å². The second kappa shape index (κ2) is 8.29. The SMILES string of the molecule is N#Cc1cccc2c3ccccc3n(-c3cccc4c3C(=O)N(c3ccccc3-c3ccccc3)C4=O)c12. The zero-order chi connectivity index (χ0) is 25.8. The number of carbonyl (C=O) groups excluding carboxylic acids is 2. The number of nitriles is 1. The Morgan fingerprint density at radius 1 is 0.579 bits per heavy atom. The van der Waals surface area contributed by atoms with E-state index in [9.17, 15) is 14.9 Å². The normalized spacial score (nSPS) is 12.8. The molecule has 38 heavy (non-hydrogen) atoms. The number of amides is 2. The molecule has 0 spiro atoms. The number of benzene rings is 5. The van der Waals surface area contributed by atoms with Gasteiger partial charge in [0.2, 0.25) is 0 Å². The third-order valence-corrected chi connectivity index (χ3v) is 7.18. The fraction of sp³-hybridized carbons (Fsp3) is 0. The van der Waals surface area contributed by atoms with Gasteiger partial charge >= 0.3 is 0 Å². The number of para-hydroxylation sites is 3. The maximum absolute atomic E-state index is 14.2. The lowest BCUT2D eigenvalue weighted by molar-refractivity contribution is 0.0926. The van der Waals surface area contributed by atoms with E-state index in [2.05, 4.69) is 6.07 Å². The van der Waals surface area contributed by atoms with Crippen LogP contribution in [0.3, 0.4) is 0 Å². The lowest BCUT2D eigenvalue weighted by atomic mass is 10.0. The molecule has 5 aromatic carbocycles. The van der Waals surface area contributed by atoms with Crippen molar-refractivity contribution in [3.8, 4) is 22.9 Å². The number of rotatable bonds is 3. The van der Waals surface area contributed by atoms with Gasteiger partial charge in [0.15, 0.2) is 0 Å². The smallest absolute Gasteiger partial charge is 0.268 e. The number of hydrogen-bond donors (Lipinski definition) is 0. The highest BCUT2D eigenvalue weighted by Gasteiger charge is 2.40. The summed E-state index contributed by atoms with van der Waals surface area (Å²) in [6.45, 7) is 0. The molecule has 0 unspecified atom stereocenters. The van der Waals surface area contributed by atoms with E-state index >= 15 is 0 Å². The molecule has 0 radical (unpaired) electrons. The molecule has 0 saturated carbocycles. The minimum Gasteiger partial charge on any atom is -0.307 e. The van der Waals surface area contributed by atoms with Crippen LogP contribution in [0.1, 0.15) is 26.3 Å². The van der Waals surface area contributed by atoms with Crippen molar-refractivity contribution < 1.29 is 9.59 Å². The van der Waals surface area contributed by atoms with Crippen LogP contribution in [0.25, 0.3) is 38.6 Å². The van der Waals surface area contributed by atoms with Crippen LogP contribution in [0.15, 0.2) is 115 Å². The number of hydrogen-bond acceptors (Lipinski definition) is 3. The molecule has 178 valence electrons. The maximum atomic E-state index is 14.2. The average Bonchev–Trinajstić information content (AvgIpc) is 3.45. The summed E-state index contributed by atoms with van der Waals surface area (Å²) < 4.78 is 1.94. The molecule has 1 aliphatic rings. The van der Waals surface area contributed by atoms with Crippen LogP contribution < -0.4 is 4.90 Å². The molecule has 0 N–H and O–H groups in total. The minimum atomic E-state index is -0.385. The first-order chi connectivity index (χ1) is 18.7. The van der Waals surface area contributed by atoms with E-state index in [0.717, 1.165) is 27.4 Å². The monoisotopic (exact) mass is 489 g/mol. The summed E-state index contributed by atoms with van der Waals surface area (Å²) in [6.07, 6.45) is 0. The number of nitrogens with zero attached hydrogens (tertiary/aromatic N) is 3. The molecule has 2 amide bonds. The van der Waals surface area contributed by atoms with Gasteiger partial charge in [0.25, 0.3) is 11.8 Å². The van der Waals surface area contributed by atoms with E-state index in [1.807, 2.05) is 95.6 Å². The average molecular weight is 490 g/mol. The number of aromatic nitrogens is 1. The lowest BCUT2D eigenvalue weighted by Gasteiger charge is -2.18. The fourth-order valence-corrected chi connectivity index (χ4v) is 5.56. The van der Waals surface area contributed by atoms with E-state index in [4.69, 9.17) is 0 Å². The van der Waals surface area contributed by atoms with Gasteiger partial charge in [-0.3, -0.25) is 9.59 Å². The Hall–Kier alpha value is -5.47. The molecule has 0 saturated heterocycles.